The van der Waals surface area contributed by atoms with Gasteiger partial charge in [-0.2, -0.15) is 0 Å². The second-order valence-electron chi connectivity index (χ2n) is 16.2. The summed E-state index contributed by atoms with van der Waals surface area (Å²) in [7, 11) is 1.43. The fourth-order valence-electron chi connectivity index (χ4n) is 7.62. The maximum absolute atomic E-state index is 14.7. The molecule has 4 aromatic carbocycles. The van der Waals surface area contributed by atoms with E-state index in [0.29, 0.717) is 45.7 Å². The predicted molar refractivity (Wildman–Crippen MR) is 250 cm³/mol. The molecule has 0 radical (unpaired) electrons. The third-order valence-electron chi connectivity index (χ3n) is 11.2. The molecule has 0 saturated carbocycles. The molecule has 11 N–H and O–H groups in total. The molecule has 1 aliphatic rings. The van der Waals surface area contributed by atoms with E-state index in [-0.39, 0.29) is 45.7 Å². The van der Waals surface area contributed by atoms with Gasteiger partial charge in [-0.3, -0.25) is 28.8 Å². The zero-order chi connectivity index (χ0) is 47.8. The number of carboxylic acids is 1. The van der Waals surface area contributed by atoms with Crippen LogP contribution in [0.4, 0.5) is 0 Å². The molecule has 5 rings (SSSR count). The maximum atomic E-state index is 14.7. The number of aliphatic carboxylic acids is 1. The fraction of sp³-hybridized carbons (Fsp3) is 0.388. The molecule has 0 fully saturated rings. The molecule has 0 unspecified atom stereocenters. The number of nitrogens with zero attached hydrogens (tertiary/aromatic N) is 1. The van der Waals surface area contributed by atoms with Crippen molar-refractivity contribution in [3.05, 3.63) is 107 Å². The fourth-order valence-corrected chi connectivity index (χ4v) is 7.62. The van der Waals surface area contributed by atoms with Crippen LogP contribution < -0.4 is 47.9 Å². The number of hydrogen-bond donors (Lipinski definition) is 8. The third-order valence-corrected chi connectivity index (χ3v) is 11.2. The largest absolute Gasteiger partial charge is 0.492 e. The Morgan fingerprint density at radius 3 is 2.03 bits per heavy atom. The summed E-state index contributed by atoms with van der Waals surface area (Å²) in [5.74, 6) is -3.94. The van der Waals surface area contributed by atoms with E-state index in [9.17, 15) is 33.9 Å². The van der Waals surface area contributed by atoms with E-state index in [2.05, 4.69) is 52.5 Å². The number of amides is 5. The van der Waals surface area contributed by atoms with Crippen molar-refractivity contribution in [1.82, 2.24) is 26.2 Å². The highest BCUT2D eigenvalue weighted by Crippen LogP contribution is 2.40. The van der Waals surface area contributed by atoms with Crippen LogP contribution in [0, 0.1) is 0 Å². The highest BCUT2D eigenvalue weighted by molar-refractivity contribution is 6.00. The van der Waals surface area contributed by atoms with Gasteiger partial charge in [-0.15, -0.1) is 0 Å². The van der Waals surface area contributed by atoms with E-state index in [1.165, 1.54) is 24.4 Å². The van der Waals surface area contributed by atoms with Crippen LogP contribution in [0.25, 0.3) is 22.3 Å². The Balaban J connectivity index is 1.54. The van der Waals surface area contributed by atoms with Crippen LogP contribution >= 0.6 is 0 Å². The second kappa shape index (κ2) is 24.5. The Morgan fingerprint density at radius 1 is 0.803 bits per heavy atom. The number of carboxylic acid groups (broad SMARTS) is 1. The van der Waals surface area contributed by atoms with E-state index in [1.54, 1.807) is 48.5 Å². The number of benzene rings is 4. The van der Waals surface area contributed by atoms with Gasteiger partial charge in [0.25, 0.3) is 5.91 Å². The molecular weight excluding hydrogens is 845 g/mol. The lowest BCUT2D eigenvalue weighted by Gasteiger charge is -2.32. The van der Waals surface area contributed by atoms with Crippen molar-refractivity contribution in [2.75, 3.05) is 46.4 Å². The summed E-state index contributed by atoms with van der Waals surface area (Å²) in [6, 6.07) is 20.4. The number of nitrogens with two attached hydrogens (primary N) is 3. The second-order valence-corrected chi connectivity index (χ2v) is 16.2. The van der Waals surface area contributed by atoms with Crippen LogP contribution in [0.1, 0.15) is 72.6 Å². The molecule has 0 aliphatic carbocycles. The van der Waals surface area contributed by atoms with Crippen LogP contribution in [0.2, 0.25) is 0 Å². The minimum atomic E-state index is -1.39. The van der Waals surface area contributed by atoms with Gasteiger partial charge < -0.3 is 57.9 Å². The van der Waals surface area contributed by atoms with Gasteiger partial charge >= 0.3 is 5.97 Å². The van der Waals surface area contributed by atoms with Crippen LogP contribution in [-0.4, -0.2) is 110 Å². The highest BCUT2D eigenvalue weighted by atomic mass is 16.5. The van der Waals surface area contributed by atoms with Crippen LogP contribution in [0.5, 0.6) is 11.5 Å². The van der Waals surface area contributed by atoms with Crippen molar-refractivity contribution >= 4 is 35.5 Å². The first-order chi connectivity index (χ1) is 31.8. The zero-order valence-electron chi connectivity index (χ0n) is 37.8. The number of ether oxygens (including phenoxy) is 2. The third kappa shape index (κ3) is 13.4. The van der Waals surface area contributed by atoms with Crippen molar-refractivity contribution in [2.45, 2.75) is 76.5 Å². The zero-order valence-corrected chi connectivity index (χ0v) is 37.8. The molecule has 1 aliphatic heterocycles. The molecule has 0 aromatic heterocycles. The summed E-state index contributed by atoms with van der Waals surface area (Å²) in [5, 5.41) is 19.8. The average molecular weight is 907 g/mol. The van der Waals surface area contributed by atoms with E-state index in [1.807, 2.05) is 12.1 Å². The van der Waals surface area contributed by atoms with Gasteiger partial charge in [0.1, 0.15) is 55.4 Å². The molecule has 4 atom stereocenters. The number of fused-ring (bicyclic) bond motifs is 5. The minimum Gasteiger partial charge on any atom is -0.492 e. The first-order valence-electron chi connectivity index (χ1n) is 22.3. The topological polar surface area (TPSA) is 271 Å². The number of carbonyl (C=O) groups excluding carboxylic acids is 5. The number of likely N-dealkylation sites (N-methyl/N-ethyl adjacent to an activating group) is 1. The molecule has 0 spiro atoms. The molecule has 17 nitrogen and oxygen atoms in total. The van der Waals surface area contributed by atoms with Gasteiger partial charge in [0, 0.05) is 43.2 Å². The number of rotatable bonds is 20. The number of aryl methyl sites for hydroxylation is 1. The van der Waals surface area contributed by atoms with Gasteiger partial charge in [0.2, 0.25) is 23.6 Å². The molecule has 4 bridgehead atoms. The first kappa shape index (κ1) is 50.2. The quantitative estimate of drug-likeness (QED) is 0.0637. The number of nitrogens with one attached hydrogen (secondary N) is 4. The lowest BCUT2D eigenvalue weighted by Crippen LogP contribution is -2.56. The Kier molecular flexibility index (Phi) is 18.6. The summed E-state index contributed by atoms with van der Waals surface area (Å²) in [6.45, 7) is 3.73. The highest BCUT2D eigenvalue weighted by Gasteiger charge is 2.36. The lowest BCUT2D eigenvalue weighted by molar-refractivity contribution is -0.141. The molecule has 1 heterocycles. The maximum Gasteiger partial charge on any atom is 0.322 e. The lowest BCUT2D eigenvalue weighted by atomic mass is 9.93. The molecule has 352 valence electrons. The number of hydrogen-bond acceptors (Lipinski definition) is 11. The smallest absolute Gasteiger partial charge is 0.322 e. The van der Waals surface area contributed by atoms with E-state index in [0.717, 1.165) is 30.4 Å². The van der Waals surface area contributed by atoms with Crippen LogP contribution in [0.3, 0.4) is 0 Å². The van der Waals surface area contributed by atoms with Crippen LogP contribution in [0.15, 0.2) is 84.9 Å². The van der Waals surface area contributed by atoms with Gasteiger partial charge in [0.15, 0.2) is 0 Å². The van der Waals surface area contributed by atoms with Crippen molar-refractivity contribution in [1.29, 1.82) is 0 Å². The SMILES string of the molecule is CCCCc1ccc(-c2ccc(C(=O)N[C@@H](CCCN)C(=O)N(C)[C@@H]3C(=O)N[C@@H](C)C(=O)N[C@H](C(=O)NCC(=O)O)Cc4ccc(OCCN)c(c4)-c4cc3ccc4OCCN)cc2)cc1. The Hall–Kier alpha value is -6.82. The van der Waals surface area contributed by atoms with Crippen LogP contribution in [-0.2, 0) is 36.8 Å². The van der Waals surface area contributed by atoms with Crippen molar-refractivity contribution in [3.63, 3.8) is 0 Å². The molecule has 5 amide bonds. The molecule has 66 heavy (non-hydrogen) atoms. The summed E-state index contributed by atoms with van der Waals surface area (Å²) in [4.78, 5) is 82.8. The number of carbonyl (C=O) groups is 6. The van der Waals surface area contributed by atoms with Crippen molar-refractivity contribution in [2.24, 2.45) is 17.2 Å². The van der Waals surface area contributed by atoms with E-state index >= 15 is 0 Å². The van der Waals surface area contributed by atoms with Gasteiger partial charge in [-0.05, 0) is 103 Å². The Labute approximate surface area is 385 Å². The molecule has 4 aromatic rings. The van der Waals surface area contributed by atoms with Gasteiger partial charge in [-0.25, -0.2) is 0 Å². The van der Waals surface area contributed by atoms with E-state index < -0.39 is 66.2 Å². The monoisotopic (exact) mass is 906 g/mol. The number of unbranched alkanes of at least 4 members (excludes halogenated alkanes) is 1. The Bertz CT molecular complexity index is 2320. The first-order valence-corrected chi connectivity index (χ1v) is 22.3. The summed E-state index contributed by atoms with van der Waals surface area (Å²) in [6.07, 6.45) is 3.68. The molecule has 17 heteroatoms. The van der Waals surface area contributed by atoms with Crippen molar-refractivity contribution in [3.8, 4) is 33.8 Å². The van der Waals surface area contributed by atoms with Gasteiger partial charge in [0.05, 0.1) is 0 Å². The summed E-state index contributed by atoms with van der Waals surface area (Å²) in [5.41, 5.74) is 22.9. The van der Waals surface area contributed by atoms with Crippen molar-refractivity contribution < 1.29 is 43.3 Å². The summed E-state index contributed by atoms with van der Waals surface area (Å²) < 4.78 is 12.2. The predicted octanol–water partition coefficient (Wildman–Crippen LogP) is 2.82. The summed E-state index contributed by atoms with van der Waals surface area (Å²) >= 11 is 0. The average Bonchev–Trinajstić information content (AvgIpc) is 3.32. The Morgan fingerprint density at radius 2 is 1.42 bits per heavy atom. The normalized spacial score (nSPS) is 16.4. The molecule has 0 saturated heterocycles. The molecular formula is C49H62N8O9. The standard InChI is InChI=1S/C49H62N8O9/c1-4-5-7-31-9-12-33(13-10-31)34-14-16-35(17-15-34)46(61)55-39(8-6-21-50)49(64)57(3)44-36-18-20-42(66-25-23-52)38(28-36)37-26-32(11-19-41(37)65-24-22-51)27-40(47(62)53-29-43(58)59)56-45(60)30(2)54-48(44)63/h9-20,26,28,30,39-40,44H,4-8,21-25,27,29,50-52H2,1-3H3,(H,53,62)(H,54,63)(H,55,61)(H,56,60)(H,58,59)/t30-,39-,40-,44-/m0/s1. The minimum absolute atomic E-state index is 0.0758. The van der Waals surface area contributed by atoms with Gasteiger partial charge in [-0.1, -0.05) is 61.9 Å². The van der Waals surface area contributed by atoms with E-state index in [4.69, 9.17) is 26.7 Å².